The highest BCUT2D eigenvalue weighted by Gasteiger charge is 2.48. The first-order chi connectivity index (χ1) is 16.5. The zero-order valence-corrected chi connectivity index (χ0v) is 20.0. The van der Waals surface area contributed by atoms with E-state index in [0.717, 1.165) is 12.2 Å². The molecule has 9 nitrogen and oxygen atoms in total. The fraction of sp³-hybridized carbons (Fsp3) is 0.455. The van der Waals surface area contributed by atoms with Crippen molar-refractivity contribution in [3.05, 3.63) is 46.3 Å². The van der Waals surface area contributed by atoms with Gasteiger partial charge in [-0.1, -0.05) is 11.6 Å². The van der Waals surface area contributed by atoms with E-state index in [1.165, 1.54) is 12.1 Å². The third-order valence-electron chi connectivity index (χ3n) is 6.79. The summed E-state index contributed by atoms with van der Waals surface area (Å²) in [7, 11) is -4.31. The van der Waals surface area contributed by atoms with Crippen molar-refractivity contribution < 1.29 is 31.5 Å². The number of nitrogens with zero attached hydrogens (tertiary/aromatic N) is 1. The number of anilines is 1. The molecular weight excluding hydrogens is 506 g/mol. The Balaban J connectivity index is 1.33. The number of hydrogen-bond acceptors (Lipinski definition) is 7. The van der Waals surface area contributed by atoms with Crippen molar-refractivity contribution in [3.63, 3.8) is 0 Å². The number of benzene rings is 1. The van der Waals surface area contributed by atoms with Crippen LogP contribution in [-0.4, -0.2) is 57.0 Å². The molecule has 0 saturated carbocycles. The van der Waals surface area contributed by atoms with Crippen LogP contribution in [0.3, 0.4) is 0 Å². The van der Waals surface area contributed by atoms with Gasteiger partial charge in [0.25, 0.3) is 0 Å². The van der Waals surface area contributed by atoms with Crippen LogP contribution in [0.1, 0.15) is 29.9 Å². The van der Waals surface area contributed by atoms with Gasteiger partial charge in [-0.25, -0.2) is 21.9 Å². The Labute approximate surface area is 205 Å². The number of rotatable bonds is 5. The predicted molar refractivity (Wildman–Crippen MR) is 124 cm³/mol. The number of sulfonamides is 1. The van der Waals surface area contributed by atoms with Crippen LogP contribution >= 0.6 is 11.6 Å². The van der Waals surface area contributed by atoms with E-state index in [-0.39, 0.29) is 42.4 Å². The molecule has 0 spiro atoms. The van der Waals surface area contributed by atoms with Crippen molar-refractivity contribution in [2.75, 3.05) is 24.6 Å². The summed E-state index contributed by atoms with van der Waals surface area (Å²) in [6.45, 7) is 0.672. The summed E-state index contributed by atoms with van der Waals surface area (Å²) in [5, 5.41) is 2.31. The minimum atomic E-state index is -4.31. The van der Waals surface area contributed by atoms with E-state index in [1.807, 2.05) is 0 Å². The summed E-state index contributed by atoms with van der Waals surface area (Å²) in [5.74, 6) is -1.84. The highest BCUT2D eigenvalue weighted by molar-refractivity contribution is 7.91. The highest BCUT2D eigenvalue weighted by atomic mass is 35.5. The number of nitrogens with one attached hydrogen (secondary N) is 2. The topological polar surface area (TPSA) is 131 Å². The number of piperidine rings is 1. The van der Waals surface area contributed by atoms with E-state index in [9.17, 15) is 22.4 Å². The first-order valence-corrected chi connectivity index (χ1v) is 12.9. The molecule has 35 heavy (non-hydrogen) atoms. The van der Waals surface area contributed by atoms with Crippen LogP contribution in [0.15, 0.2) is 29.3 Å². The number of carbonyl (C=O) groups is 2. The summed E-state index contributed by atoms with van der Waals surface area (Å²) in [6, 6.07) is 0.685. The largest absolute Gasteiger partial charge is 0.491 e. The van der Waals surface area contributed by atoms with Crippen LogP contribution in [-0.2, 0) is 26.0 Å². The average molecular weight is 529 g/mol. The van der Waals surface area contributed by atoms with E-state index in [4.69, 9.17) is 22.1 Å². The number of imide groups is 1. The molecule has 2 fully saturated rings. The number of halogens is 3. The van der Waals surface area contributed by atoms with Gasteiger partial charge in [-0.15, -0.1) is 0 Å². The van der Waals surface area contributed by atoms with Gasteiger partial charge in [0, 0.05) is 48.2 Å². The molecule has 0 aromatic heterocycles. The number of carbonyl (C=O) groups excluding carboxylic acids is 2. The average Bonchev–Trinajstić information content (AvgIpc) is 3.23. The zero-order chi connectivity index (χ0) is 25.1. The SMILES string of the molecule is NC1(S(=O)(=O)NC2CN(c3cc(F)c(C4CCC(=O)NC4=O)c4c3OCC4)C2)C=CC(Cl)=CC1F. The lowest BCUT2D eigenvalue weighted by Crippen LogP contribution is -2.66. The standard InChI is InChI=1S/C22H23ClF2N4O5S/c23-11-3-5-22(26,17(25)7-11)35(32,33)28-12-9-29(10-12)16-8-15(24)19(13-4-6-34-20(13)16)14-1-2-18(30)27-21(14)31/h3,5,7-8,12,14,17,28H,1-2,4,6,9-10,26H2,(H,27,30,31). The molecule has 2 amide bonds. The summed E-state index contributed by atoms with van der Waals surface area (Å²) in [5.41, 5.74) is 7.12. The van der Waals surface area contributed by atoms with E-state index in [2.05, 4.69) is 10.0 Å². The third kappa shape index (κ3) is 4.02. The zero-order valence-electron chi connectivity index (χ0n) is 18.4. The fourth-order valence-electron chi connectivity index (χ4n) is 4.87. The predicted octanol–water partition coefficient (Wildman–Crippen LogP) is 1.07. The molecule has 3 atom stereocenters. The Morgan fingerprint density at radius 2 is 2.03 bits per heavy atom. The van der Waals surface area contributed by atoms with Crippen LogP contribution < -0.4 is 25.4 Å². The third-order valence-corrected chi connectivity index (χ3v) is 8.98. The highest BCUT2D eigenvalue weighted by Crippen LogP contribution is 2.45. The van der Waals surface area contributed by atoms with Gasteiger partial charge in [0.1, 0.15) is 11.6 Å². The molecule has 3 aliphatic heterocycles. The first kappa shape index (κ1) is 24.2. The summed E-state index contributed by atoms with van der Waals surface area (Å²) in [4.78, 5) is 23.3. The molecule has 2 saturated heterocycles. The van der Waals surface area contributed by atoms with Gasteiger partial charge in [0.15, 0.2) is 11.0 Å². The molecule has 4 aliphatic rings. The summed E-state index contributed by atoms with van der Waals surface area (Å²) in [6.07, 6.45) is 1.90. The Morgan fingerprint density at radius 3 is 2.71 bits per heavy atom. The monoisotopic (exact) mass is 528 g/mol. The van der Waals surface area contributed by atoms with Crippen LogP contribution in [0.25, 0.3) is 0 Å². The smallest absolute Gasteiger partial charge is 0.237 e. The van der Waals surface area contributed by atoms with Crippen molar-refractivity contribution >= 4 is 39.1 Å². The second-order valence-corrected chi connectivity index (χ2v) is 11.5. The molecule has 1 aromatic carbocycles. The van der Waals surface area contributed by atoms with Crippen molar-refractivity contribution in [1.82, 2.24) is 10.0 Å². The van der Waals surface area contributed by atoms with Gasteiger partial charge in [-0.3, -0.25) is 14.9 Å². The van der Waals surface area contributed by atoms with Crippen LogP contribution in [0, 0.1) is 5.82 Å². The van der Waals surface area contributed by atoms with Gasteiger partial charge in [-0.05, 0) is 24.6 Å². The Hall–Kier alpha value is -2.54. The maximum absolute atomic E-state index is 15.3. The number of fused-ring (bicyclic) bond motifs is 1. The number of amides is 2. The van der Waals surface area contributed by atoms with Crippen molar-refractivity contribution in [2.45, 2.75) is 42.3 Å². The lowest BCUT2D eigenvalue weighted by atomic mass is 9.85. The van der Waals surface area contributed by atoms with Gasteiger partial charge >= 0.3 is 0 Å². The van der Waals surface area contributed by atoms with E-state index < -0.39 is 44.8 Å². The van der Waals surface area contributed by atoms with Gasteiger partial charge in [0.05, 0.1) is 24.3 Å². The fourth-order valence-corrected chi connectivity index (χ4v) is 6.44. The van der Waals surface area contributed by atoms with E-state index in [0.29, 0.717) is 30.0 Å². The normalized spacial score (nSPS) is 28.8. The molecule has 4 N–H and O–H groups in total. The number of alkyl halides is 1. The Kier molecular flexibility index (Phi) is 5.90. The van der Waals surface area contributed by atoms with Crippen molar-refractivity contribution in [1.29, 1.82) is 0 Å². The summed E-state index contributed by atoms with van der Waals surface area (Å²) < 4.78 is 63.6. The van der Waals surface area contributed by atoms with Crippen LogP contribution in [0.4, 0.5) is 14.5 Å². The maximum Gasteiger partial charge on any atom is 0.237 e. The van der Waals surface area contributed by atoms with Crippen LogP contribution in [0.5, 0.6) is 5.75 Å². The lowest BCUT2D eigenvalue weighted by Gasteiger charge is -2.43. The Morgan fingerprint density at radius 1 is 1.29 bits per heavy atom. The number of ether oxygens (including phenoxy) is 1. The molecule has 1 aromatic rings. The molecule has 13 heteroatoms. The molecule has 0 bridgehead atoms. The molecule has 1 aliphatic carbocycles. The number of allylic oxidation sites excluding steroid dienone is 2. The summed E-state index contributed by atoms with van der Waals surface area (Å²) >= 11 is 5.73. The second kappa shape index (κ2) is 8.54. The molecule has 3 heterocycles. The van der Waals surface area contributed by atoms with E-state index >= 15 is 4.39 Å². The number of hydrogen-bond donors (Lipinski definition) is 3. The van der Waals surface area contributed by atoms with Gasteiger partial charge < -0.3 is 15.4 Å². The minimum absolute atomic E-state index is 0.0558. The lowest BCUT2D eigenvalue weighted by molar-refractivity contribution is -0.134. The quantitative estimate of drug-likeness (QED) is 0.487. The maximum atomic E-state index is 15.3. The number of nitrogens with two attached hydrogens (primary N) is 1. The van der Waals surface area contributed by atoms with Crippen LogP contribution in [0.2, 0.25) is 0 Å². The van der Waals surface area contributed by atoms with Gasteiger partial charge in [0.2, 0.25) is 21.8 Å². The van der Waals surface area contributed by atoms with Crippen molar-refractivity contribution in [2.24, 2.45) is 5.73 Å². The molecule has 3 unspecified atom stereocenters. The van der Waals surface area contributed by atoms with Gasteiger partial charge in [-0.2, -0.15) is 0 Å². The molecular formula is C22H23ClF2N4O5S. The molecule has 5 rings (SSSR count). The molecule has 188 valence electrons. The van der Waals surface area contributed by atoms with E-state index in [1.54, 1.807) is 4.90 Å². The Bertz CT molecular complexity index is 1280. The minimum Gasteiger partial charge on any atom is -0.491 e. The first-order valence-electron chi connectivity index (χ1n) is 11.1. The second-order valence-electron chi connectivity index (χ2n) is 9.06. The van der Waals surface area contributed by atoms with Crippen molar-refractivity contribution in [3.8, 4) is 5.75 Å². The molecule has 0 radical (unpaired) electrons.